The fourth-order valence-corrected chi connectivity index (χ4v) is 5.88. The highest BCUT2D eigenvalue weighted by atomic mass is 35.5. The molecular weight excluding hydrogens is 464 g/mol. The number of thioether (sulfide) groups is 1. The van der Waals surface area contributed by atoms with Crippen molar-refractivity contribution in [2.24, 2.45) is 37.0 Å². The fourth-order valence-electron chi connectivity index (χ4n) is 4.97. The van der Waals surface area contributed by atoms with E-state index in [4.69, 9.17) is 22.3 Å². The molecule has 1 atom stereocenters. The third kappa shape index (κ3) is 6.26. The summed E-state index contributed by atoms with van der Waals surface area (Å²) >= 11 is 7.57. The highest BCUT2D eigenvalue weighted by molar-refractivity contribution is 8.03. The van der Waals surface area contributed by atoms with Crippen LogP contribution in [-0.4, -0.2) is 60.5 Å². The number of rotatable bonds is 6. The number of nitrogens with two attached hydrogens (primary N) is 1. The maximum absolute atomic E-state index is 6.01. The van der Waals surface area contributed by atoms with Crippen LogP contribution in [0, 0.1) is 11.3 Å². The quantitative estimate of drug-likeness (QED) is 0.409. The standard InChI is InChI=1S/C26H33ClN6S/c1-2-23-25(31-19-34-22(16-27)7-10-29-18-28)30-17-24(32-23)33-11-8-26(9-12-33)14-20-5-3-4-6-21(13-20)15-26/h2-7,10,13,17,20H,8-9,11-12,14-16,18-19,28H2,1H3/b22-7+,23-2+,29-10-,31-25+. The Bertz CT molecular complexity index is 1020. The van der Waals surface area contributed by atoms with Gasteiger partial charge < -0.3 is 10.6 Å². The first kappa shape index (κ1) is 24.9. The minimum atomic E-state index is 0.268. The molecule has 4 rings (SSSR count). The summed E-state index contributed by atoms with van der Waals surface area (Å²) in [5.74, 6) is 3.12. The van der Waals surface area contributed by atoms with Gasteiger partial charge in [0.25, 0.3) is 0 Å². The number of hydrogen-bond donors (Lipinski definition) is 1. The largest absolute Gasteiger partial charge is 0.355 e. The third-order valence-electron chi connectivity index (χ3n) is 6.71. The van der Waals surface area contributed by atoms with Gasteiger partial charge >= 0.3 is 0 Å². The number of allylic oxidation sites excluding steroid dienone is 9. The topological polar surface area (TPSA) is 78.7 Å². The van der Waals surface area contributed by atoms with Crippen LogP contribution < -0.4 is 5.73 Å². The van der Waals surface area contributed by atoms with Crippen molar-refractivity contribution in [2.75, 3.05) is 31.5 Å². The Morgan fingerprint density at radius 1 is 1.35 bits per heavy atom. The number of nitrogens with zero attached hydrogens (tertiary/aromatic N) is 5. The lowest BCUT2D eigenvalue weighted by atomic mass is 9.65. The molecule has 0 saturated carbocycles. The number of hydrogen-bond acceptors (Lipinski definition) is 6. The maximum atomic E-state index is 6.01. The number of piperidine rings is 1. The SMILES string of the molecule is C/C=C1/N=C(N2CCC3(CC2)CC2=CC(C=CC=C2)C3)C=N/C1=N/CS/C(=C/C=N\CN)CCl. The van der Waals surface area contributed by atoms with Crippen molar-refractivity contribution >= 4 is 47.5 Å². The fraction of sp³-hybridized carbons (Fsp3) is 0.462. The zero-order chi connectivity index (χ0) is 23.8. The maximum Gasteiger partial charge on any atom is 0.174 e. The van der Waals surface area contributed by atoms with Crippen molar-refractivity contribution in [1.29, 1.82) is 0 Å². The summed E-state index contributed by atoms with van der Waals surface area (Å²) < 4.78 is 0. The summed E-state index contributed by atoms with van der Waals surface area (Å²) in [6.45, 7) is 4.29. The van der Waals surface area contributed by atoms with Crippen LogP contribution in [0.5, 0.6) is 0 Å². The Labute approximate surface area is 211 Å². The van der Waals surface area contributed by atoms with E-state index in [0.29, 0.717) is 28.9 Å². The van der Waals surface area contributed by atoms with Crippen LogP contribution in [0.4, 0.5) is 0 Å². The van der Waals surface area contributed by atoms with E-state index >= 15 is 0 Å². The molecule has 2 heterocycles. The Balaban J connectivity index is 1.35. The molecule has 1 spiro atoms. The van der Waals surface area contributed by atoms with Crippen molar-refractivity contribution < 1.29 is 0 Å². The molecule has 0 amide bonds. The Hall–Kier alpha value is -2.22. The minimum absolute atomic E-state index is 0.268. The van der Waals surface area contributed by atoms with Gasteiger partial charge in [0.05, 0.1) is 24.6 Å². The van der Waals surface area contributed by atoms with Gasteiger partial charge in [-0.05, 0) is 50.0 Å². The van der Waals surface area contributed by atoms with E-state index in [-0.39, 0.29) is 6.67 Å². The highest BCUT2D eigenvalue weighted by Gasteiger charge is 2.39. The number of halogens is 1. The summed E-state index contributed by atoms with van der Waals surface area (Å²) in [5, 5.41) is 0. The van der Waals surface area contributed by atoms with Gasteiger partial charge in [0.15, 0.2) is 5.84 Å². The van der Waals surface area contributed by atoms with Crippen LogP contribution in [0.1, 0.15) is 32.6 Å². The molecule has 0 radical (unpaired) electrons. The molecule has 4 aliphatic rings. The van der Waals surface area contributed by atoms with Crippen molar-refractivity contribution in [3.05, 3.63) is 58.7 Å². The molecule has 1 unspecified atom stereocenters. The van der Waals surface area contributed by atoms with Gasteiger partial charge in [0.2, 0.25) is 0 Å². The van der Waals surface area contributed by atoms with Crippen LogP contribution in [0.3, 0.4) is 0 Å². The van der Waals surface area contributed by atoms with Crippen molar-refractivity contribution in [3.63, 3.8) is 0 Å². The zero-order valence-corrected chi connectivity index (χ0v) is 21.3. The number of amidine groups is 2. The molecule has 2 aliphatic carbocycles. The number of aliphatic imine (C=N–C) groups is 4. The monoisotopic (exact) mass is 496 g/mol. The zero-order valence-electron chi connectivity index (χ0n) is 19.7. The molecular formula is C26H33ClN6S. The van der Waals surface area contributed by atoms with Crippen molar-refractivity contribution in [1.82, 2.24) is 4.90 Å². The lowest BCUT2D eigenvalue weighted by Gasteiger charge is -2.46. The van der Waals surface area contributed by atoms with Crippen LogP contribution >= 0.6 is 23.4 Å². The van der Waals surface area contributed by atoms with E-state index in [0.717, 1.165) is 29.5 Å². The molecule has 2 N–H and O–H groups in total. The summed E-state index contributed by atoms with van der Waals surface area (Å²) in [6.07, 6.45) is 23.7. The van der Waals surface area contributed by atoms with E-state index < -0.39 is 0 Å². The first-order valence-electron chi connectivity index (χ1n) is 11.9. The number of alkyl halides is 1. The Morgan fingerprint density at radius 3 is 2.97 bits per heavy atom. The van der Waals surface area contributed by atoms with Gasteiger partial charge in [-0.2, -0.15) is 0 Å². The van der Waals surface area contributed by atoms with Crippen LogP contribution in [0.15, 0.2) is 78.7 Å². The molecule has 6 nitrogen and oxygen atoms in total. The molecule has 180 valence electrons. The van der Waals surface area contributed by atoms with Gasteiger partial charge in [0, 0.05) is 24.2 Å². The molecule has 0 aromatic rings. The van der Waals surface area contributed by atoms with E-state index in [9.17, 15) is 0 Å². The average molecular weight is 497 g/mol. The third-order valence-corrected chi connectivity index (χ3v) is 8.07. The minimum Gasteiger partial charge on any atom is -0.355 e. The summed E-state index contributed by atoms with van der Waals surface area (Å²) in [6, 6.07) is 0. The lowest BCUT2D eigenvalue weighted by Crippen LogP contribution is -2.45. The normalized spacial score (nSPS) is 26.5. The first-order chi connectivity index (χ1) is 16.6. The molecule has 8 heteroatoms. The molecule has 1 saturated heterocycles. The second-order valence-corrected chi connectivity index (χ2v) is 10.3. The Morgan fingerprint density at radius 2 is 2.21 bits per heavy atom. The molecule has 0 aromatic heterocycles. The number of fused-ring (bicyclic) bond motifs is 1. The van der Waals surface area contributed by atoms with Crippen LogP contribution in [-0.2, 0) is 0 Å². The van der Waals surface area contributed by atoms with Gasteiger partial charge in [-0.3, -0.25) is 9.98 Å². The molecule has 0 aromatic carbocycles. The second-order valence-electron chi connectivity index (χ2n) is 8.96. The van der Waals surface area contributed by atoms with Gasteiger partial charge in [-0.1, -0.05) is 42.0 Å². The first-order valence-corrected chi connectivity index (χ1v) is 13.4. The molecule has 2 bridgehead atoms. The smallest absolute Gasteiger partial charge is 0.174 e. The average Bonchev–Trinajstić information content (AvgIpc) is 3.03. The van der Waals surface area contributed by atoms with Gasteiger partial charge in [-0.15, -0.1) is 23.4 Å². The van der Waals surface area contributed by atoms with Crippen molar-refractivity contribution in [3.8, 4) is 0 Å². The van der Waals surface area contributed by atoms with E-state index in [1.807, 2.05) is 25.3 Å². The van der Waals surface area contributed by atoms with E-state index in [2.05, 4.69) is 50.3 Å². The van der Waals surface area contributed by atoms with Gasteiger partial charge in [-0.25, -0.2) is 9.98 Å². The summed E-state index contributed by atoms with van der Waals surface area (Å²) in [7, 11) is 0. The molecule has 1 fully saturated rings. The second kappa shape index (κ2) is 12.0. The lowest BCUT2D eigenvalue weighted by molar-refractivity contribution is 0.121. The van der Waals surface area contributed by atoms with Crippen LogP contribution in [0.2, 0.25) is 0 Å². The molecule has 2 aliphatic heterocycles. The highest BCUT2D eigenvalue weighted by Crippen LogP contribution is 2.47. The number of likely N-dealkylation sites (tertiary alicyclic amines) is 1. The van der Waals surface area contributed by atoms with Crippen molar-refractivity contribution in [2.45, 2.75) is 32.6 Å². The predicted molar refractivity (Wildman–Crippen MR) is 148 cm³/mol. The summed E-state index contributed by atoms with van der Waals surface area (Å²) in [5.41, 5.74) is 8.11. The summed E-state index contributed by atoms with van der Waals surface area (Å²) in [4.78, 5) is 21.5. The van der Waals surface area contributed by atoms with E-state index in [1.165, 1.54) is 31.3 Å². The predicted octanol–water partition coefficient (Wildman–Crippen LogP) is 5.12. The molecule has 34 heavy (non-hydrogen) atoms. The van der Waals surface area contributed by atoms with E-state index in [1.54, 1.807) is 18.0 Å². The van der Waals surface area contributed by atoms with Crippen LogP contribution in [0.25, 0.3) is 0 Å². The van der Waals surface area contributed by atoms with Gasteiger partial charge in [0.1, 0.15) is 11.5 Å². The Kier molecular flexibility index (Phi) is 8.75.